The molecular weight excluding hydrogens is 246 g/mol. The highest BCUT2D eigenvalue weighted by Gasteiger charge is 2.04. The Balaban J connectivity index is 2.70. The van der Waals surface area contributed by atoms with Crippen molar-refractivity contribution in [3.8, 4) is 17.6 Å². The summed E-state index contributed by atoms with van der Waals surface area (Å²) in [5, 5.41) is 0. The molecular formula is C13H13ClF2O. The van der Waals surface area contributed by atoms with Gasteiger partial charge in [-0.1, -0.05) is 11.8 Å². The fourth-order valence-electron chi connectivity index (χ4n) is 1.23. The van der Waals surface area contributed by atoms with Gasteiger partial charge in [0.2, 0.25) is 0 Å². The Morgan fingerprint density at radius 2 is 2.18 bits per heavy atom. The van der Waals surface area contributed by atoms with E-state index in [9.17, 15) is 8.78 Å². The second-order valence-corrected chi connectivity index (χ2v) is 3.80. The summed E-state index contributed by atoms with van der Waals surface area (Å²) in [4.78, 5) is 0. The van der Waals surface area contributed by atoms with Crippen molar-refractivity contribution in [2.75, 3.05) is 12.5 Å². The largest absolute Gasteiger partial charge is 0.488 e. The molecule has 0 N–H and O–H groups in total. The first-order valence-electron chi connectivity index (χ1n) is 5.20. The molecule has 0 bridgehead atoms. The van der Waals surface area contributed by atoms with Gasteiger partial charge in [0.25, 0.3) is 6.43 Å². The average Bonchev–Trinajstić information content (AvgIpc) is 2.29. The highest BCUT2D eigenvalue weighted by Crippen LogP contribution is 2.17. The standard InChI is InChI=1S/C13H13ClF2O/c1-10-8-12(17-9-13(15)16)6-5-11(10)4-2-3-7-14/h5-6,8,13H,3,7,9H2,1H3. The normalized spacial score (nSPS) is 9.94. The quantitative estimate of drug-likeness (QED) is 0.592. The van der Waals surface area contributed by atoms with Gasteiger partial charge < -0.3 is 4.74 Å². The number of aryl methyl sites for hydroxylation is 1. The van der Waals surface area contributed by atoms with Crippen LogP contribution < -0.4 is 4.74 Å². The monoisotopic (exact) mass is 258 g/mol. The predicted molar refractivity (Wildman–Crippen MR) is 64.9 cm³/mol. The molecule has 17 heavy (non-hydrogen) atoms. The predicted octanol–water partition coefficient (Wildman–Crippen LogP) is 3.62. The maximum Gasteiger partial charge on any atom is 0.272 e. The summed E-state index contributed by atoms with van der Waals surface area (Å²) in [5.41, 5.74) is 1.76. The number of hydrogen-bond acceptors (Lipinski definition) is 1. The molecule has 1 nitrogen and oxygen atoms in total. The van der Waals surface area contributed by atoms with Crippen LogP contribution in [0.1, 0.15) is 17.5 Å². The number of benzene rings is 1. The van der Waals surface area contributed by atoms with Crippen molar-refractivity contribution in [2.24, 2.45) is 0 Å². The summed E-state index contributed by atoms with van der Waals surface area (Å²) in [6.45, 7) is 1.27. The molecule has 0 saturated carbocycles. The Kier molecular flexibility index (Phi) is 5.79. The van der Waals surface area contributed by atoms with Gasteiger partial charge in [0.15, 0.2) is 0 Å². The summed E-state index contributed by atoms with van der Waals surface area (Å²) in [5.74, 6) is 6.82. The van der Waals surface area contributed by atoms with E-state index in [2.05, 4.69) is 11.8 Å². The number of alkyl halides is 3. The first-order valence-corrected chi connectivity index (χ1v) is 5.73. The summed E-state index contributed by atoms with van der Waals surface area (Å²) >= 11 is 5.51. The van der Waals surface area contributed by atoms with Crippen LogP contribution in [0.25, 0.3) is 0 Å². The van der Waals surface area contributed by atoms with Crippen molar-refractivity contribution < 1.29 is 13.5 Å². The molecule has 0 amide bonds. The maximum absolute atomic E-state index is 11.9. The minimum atomic E-state index is -2.46. The minimum absolute atomic E-state index is 0.436. The molecule has 0 aliphatic carbocycles. The Labute approximate surface area is 105 Å². The zero-order valence-electron chi connectivity index (χ0n) is 9.47. The third-order valence-corrected chi connectivity index (χ3v) is 2.21. The molecule has 1 aromatic rings. The smallest absolute Gasteiger partial charge is 0.272 e. The fourth-order valence-corrected chi connectivity index (χ4v) is 1.32. The van der Waals surface area contributed by atoms with Crippen LogP contribution in [-0.2, 0) is 0 Å². The van der Waals surface area contributed by atoms with E-state index in [0.29, 0.717) is 18.1 Å². The summed E-state index contributed by atoms with van der Waals surface area (Å²) < 4.78 is 28.8. The van der Waals surface area contributed by atoms with Crippen LogP contribution in [0.3, 0.4) is 0 Å². The Hall–Kier alpha value is -1.27. The summed E-state index contributed by atoms with van der Waals surface area (Å²) in [6.07, 6.45) is -1.83. The first-order chi connectivity index (χ1) is 8.13. The topological polar surface area (TPSA) is 9.23 Å². The molecule has 0 aromatic heterocycles. The Morgan fingerprint density at radius 1 is 1.41 bits per heavy atom. The zero-order valence-corrected chi connectivity index (χ0v) is 10.2. The molecule has 0 atom stereocenters. The molecule has 0 aliphatic heterocycles. The van der Waals surface area contributed by atoms with Crippen LogP contribution in [0.15, 0.2) is 18.2 Å². The molecule has 0 saturated heterocycles. The molecule has 1 rings (SSSR count). The van der Waals surface area contributed by atoms with Gasteiger partial charge in [0, 0.05) is 17.9 Å². The molecule has 92 valence electrons. The van der Waals surface area contributed by atoms with Crippen molar-refractivity contribution in [1.82, 2.24) is 0 Å². The van der Waals surface area contributed by atoms with Crippen LogP contribution in [0.5, 0.6) is 5.75 Å². The SMILES string of the molecule is Cc1cc(OCC(F)F)ccc1C#CCCCl. The van der Waals surface area contributed by atoms with Crippen LogP contribution in [0.2, 0.25) is 0 Å². The number of ether oxygens (including phenoxy) is 1. The number of halogens is 3. The first kappa shape index (κ1) is 13.8. The Morgan fingerprint density at radius 3 is 2.76 bits per heavy atom. The van der Waals surface area contributed by atoms with Gasteiger partial charge in [-0.2, -0.15) is 0 Å². The Bertz CT molecular complexity index is 421. The van der Waals surface area contributed by atoms with Crippen molar-refractivity contribution >= 4 is 11.6 Å². The van der Waals surface area contributed by atoms with Gasteiger partial charge in [0.1, 0.15) is 12.4 Å². The van der Waals surface area contributed by atoms with E-state index in [1.165, 1.54) is 0 Å². The van der Waals surface area contributed by atoms with E-state index in [-0.39, 0.29) is 0 Å². The van der Waals surface area contributed by atoms with Crippen molar-refractivity contribution in [3.05, 3.63) is 29.3 Å². The molecule has 0 fully saturated rings. The lowest BCUT2D eigenvalue weighted by atomic mass is 10.1. The van der Waals surface area contributed by atoms with E-state index in [0.717, 1.165) is 11.1 Å². The fraction of sp³-hybridized carbons (Fsp3) is 0.385. The van der Waals surface area contributed by atoms with Gasteiger partial charge in [-0.15, -0.1) is 11.6 Å². The van der Waals surface area contributed by atoms with E-state index < -0.39 is 13.0 Å². The molecule has 0 heterocycles. The van der Waals surface area contributed by atoms with Crippen LogP contribution in [0, 0.1) is 18.8 Å². The molecule has 4 heteroatoms. The molecule has 0 unspecified atom stereocenters. The number of hydrogen-bond donors (Lipinski definition) is 0. The highest BCUT2D eigenvalue weighted by atomic mass is 35.5. The molecule has 0 spiro atoms. The molecule has 0 aliphatic rings. The third-order valence-electron chi connectivity index (χ3n) is 2.02. The van der Waals surface area contributed by atoms with Crippen LogP contribution >= 0.6 is 11.6 Å². The summed E-state index contributed by atoms with van der Waals surface area (Å²) in [6, 6.07) is 5.10. The van der Waals surface area contributed by atoms with Crippen LogP contribution in [-0.4, -0.2) is 18.9 Å². The van der Waals surface area contributed by atoms with E-state index in [1.54, 1.807) is 18.2 Å². The van der Waals surface area contributed by atoms with E-state index in [4.69, 9.17) is 16.3 Å². The lowest BCUT2D eigenvalue weighted by Gasteiger charge is -2.06. The van der Waals surface area contributed by atoms with Crippen molar-refractivity contribution in [3.63, 3.8) is 0 Å². The molecule has 0 radical (unpaired) electrons. The van der Waals surface area contributed by atoms with Crippen molar-refractivity contribution in [2.45, 2.75) is 19.8 Å². The van der Waals surface area contributed by atoms with Gasteiger partial charge in [0.05, 0.1) is 0 Å². The second-order valence-electron chi connectivity index (χ2n) is 3.42. The zero-order chi connectivity index (χ0) is 12.7. The minimum Gasteiger partial charge on any atom is -0.488 e. The summed E-state index contributed by atoms with van der Waals surface area (Å²) in [7, 11) is 0. The molecule has 1 aromatic carbocycles. The second kappa shape index (κ2) is 7.13. The van der Waals surface area contributed by atoms with Gasteiger partial charge in [-0.05, 0) is 30.7 Å². The third kappa shape index (κ3) is 5.06. The lowest BCUT2D eigenvalue weighted by Crippen LogP contribution is -2.07. The van der Waals surface area contributed by atoms with Gasteiger partial charge in [-0.25, -0.2) is 8.78 Å². The average molecular weight is 259 g/mol. The van der Waals surface area contributed by atoms with Crippen molar-refractivity contribution in [1.29, 1.82) is 0 Å². The van der Waals surface area contributed by atoms with E-state index in [1.807, 2.05) is 6.92 Å². The van der Waals surface area contributed by atoms with Crippen LogP contribution in [0.4, 0.5) is 8.78 Å². The lowest BCUT2D eigenvalue weighted by molar-refractivity contribution is 0.0819. The number of rotatable bonds is 4. The maximum atomic E-state index is 11.9. The van der Waals surface area contributed by atoms with Gasteiger partial charge >= 0.3 is 0 Å². The van der Waals surface area contributed by atoms with Gasteiger partial charge in [-0.3, -0.25) is 0 Å². The van der Waals surface area contributed by atoms with E-state index >= 15 is 0 Å². The highest BCUT2D eigenvalue weighted by molar-refractivity contribution is 6.18.